The number of nitrogens with one attached hydrogen (secondary N) is 1. The second kappa shape index (κ2) is 5.94. The first kappa shape index (κ1) is 11.4. The van der Waals surface area contributed by atoms with E-state index in [4.69, 9.17) is 5.11 Å². The van der Waals surface area contributed by atoms with Gasteiger partial charge in [-0.15, -0.1) is 11.8 Å². The lowest BCUT2D eigenvalue weighted by Gasteiger charge is -2.13. The summed E-state index contributed by atoms with van der Waals surface area (Å²) in [5.41, 5.74) is 1.15. The minimum absolute atomic E-state index is 0.231. The van der Waals surface area contributed by atoms with Gasteiger partial charge in [0.1, 0.15) is 0 Å². The number of thioether (sulfide) groups is 1. The number of aliphatic hydroxyl groups is 1. The zero-order chi connectivity index (χ0) is 10.4. The van der Waals surface area contributed by atoms with E-state index >= 15 is 0 Å². The fourth-order valence-corrected chi connectivity index (χ4v) is 1.71. The maximum atomic E-state index is 8.89. The van der Waals surface area contributed by atoms with Crippen LogP contribution in [-0.4, -0.2) is 24.5 Å². The first-order valence-corrected chi connectivity index (χ1v) is 5.98. The summed E-state index contributed by atoms with van der Waals surface area (Å²) in [7, 11) is 0. The second-order valence-electron chi connectivity index (χ2n) is 3.37. The Morgan fingerprint density at radius 1 is 1.43 bits per heavy atom. The second-order valence-corrected chi connectivity index (χ2v) is 4.22. The van der Waals surface area contributed by atoms with Crippen LogP contribution in [0.4, 0.5) is 5.69 Å². The van der Waals surface area contributed by atoms with Crippen LogP contribution in [0, 0.1) is 5.92 Å². The number of hydrogen-bond donors (Lipinski definition) is 2. The van der Waals surface area contributed by atoms with Gasteiger partial charge in [0.2, 0.25) is 0 Å². The van der Waals surface area contributed by atoms with Crippen molar-refractivity contribution in [2.75, 3.05) is 24.7 Å². The molecule has 1 rings (SSSR count). The highest BCUT2D eigenvalue weighted by atomic mass is 32.2. The molecule has 1 aromatic rings. The van der Waals surface area contributed by atoms with Crippen LogP contribution in [-0.2, 0) is 0 Å². The van der Waals surface area contributed by atoms with E-state index in [9.17, 15) is 0 Å². The predicted octanol–water partition coefficient (Wildman–Crippen LogP) is 2.45. The summed E-state index contributed by atoms with van der Waals surface area (Å²) in [5, 5.41) is 12.2. The maximum Gasteiger partial charge on any atom is 0.0478 e. The van der Waals surface area contributed by atoms with Gasteiger partial charge in [-0.3, -0.25) is 0 Å². The molecular weight excluding hydrogens is 194 g/mol. The van der Waals surface area contributed by atoms with Crippen LogP contribution in [0.1, 0.15) is 6.92 Å². The molecular formula is C11H17NOS. The number of rotatable bonds is 5. The van der Waals surface area contributed by atoms with Gasteiger partial charge in [-0.1, -0.05) is 19.1 Å². The average Bonchev–Trinajstić information content (AvgIpc) is 2.26. The van der Waals surface area contributed by atoms with Crippen molar-refractivity contribution in [2.45, 2.75) is 11.8 Å². The van der Waals surface area contributed by atoms with Gasteiger partial charge in [0.05, 0.1) is 0 Å². The molecule has 0 heterocycles. The third kappa shape index (κ3) is 3.24. The molecule has 0 fully saturated rings. The van der Waals surface area contributed by atoms with Gasteiger partial charge in [0.25, 0.3) is 0 Å². The summed E-state index contributed by atoms with van der Waals surface area (Å²) in [6, 6.07) is 8.21. The van der Waals surface area contributed by atoms with Gasteiger partial charge in [-0.05, 0) is 24.3 Å². The Labute approximate surface area is 89.7 Å². The molecule has 0 saturated heterocycles. The van der Waals surface area contributed by atoms with E-state index in [2.05, 4.69) is 23.7 Å². The van der Waals surface area contributed by atoms with Crippen LogP contribution in [0.2, 0.25) is 0 Å². The fourth-order valence-electron chi connectivity index (χ4n) is 1.14. The van der Waals surface area contributed by atoms with E-state index in [1.54, 1.807) is 11.8 Å². The monoisotopic (exact) mass is 211 g/mol. The van der Waals surface area contributed by atoms with Gasteiger partial charge in [-0.25, -0.2) is 0 Å². The summed E-state index contributed by atoms with van der Waals surface area (Å²) < 4.78 is 0. The van der Waals surface area contributed by atoms with Crippen molar-refractivity contribution in [2.24, 2.45) is 5.92 Å². The molecule has 2 N–H and O–H groups in total. The topological polar surface area (TPSA) is 32.3 Å². The quantitative estimate of drug-likeness (QED) is 0.734. The van der Waals surface area contributed by atoms with E-state index in [1.165, 1.54) is 4.90 Å². The zero-order valence-electron chi connectivity index (χ0n) is 8.66. The van der Waals surface area contributed by atoms with Crippen molar-refractivity contribution in [3.05, 3.63) is 24.3 Å². The number of anilines is 1. The Bertz CT molecular complexity index is 278. The van der Waals surface area contributed by atoms with Crippen LogP contribution >= 0.6 is 11.8 Å². The lowest BCUT2D eigenvalue weighted by Crippen LogP contribution is -2.14. The van der Waals surface area contributed by atoms with Gasteiger partial charge >= 0.3 is 0 Å². The molecule has 2 nitrogen and oxygen atoms in total. The molecule has 78 valence electrons. The third-order valence-corrected chi connectivity index (χ3v) is 2.86. The maximum absolute atomic E-state index is 8.89. The highest BCUT2D eigenvalue weighted by Crippen LogP contribution is 2.24. The fraction of sp³-hybridized carbons (Fsp3) is 0.455. The Kier molecular flexibility index (Phi) is 4.84. The molecule has 1 atom stereocenters. The Morgan fingerprint density at radius 3 is 2.79 bits per heavy atom. The summed E-state index contributed by atoms with van der Waals surface area (Å²) >= 11 is 1.73. The molecule has 1 unspecified atom stereocenters. The molecule has 0 aliphatic carbocycles. The molecule has 0 bridgehead atoms. The van der Waals surface area contributed by atoms with Crippen LogP contribution in [0.5, 0.6) is 0 Å². The number of benzene rings is 1. The molecule has 14 heavy (non-hydrogen) atoms. The molecule has 0 spiro atoms. The molecule has 0 saturated carbocycles. The summed E-state index contributed by atoms with van der Waals surface area (Å²) in [5.74, 6) is 0.296. The molecule has 0 radical (unpaired) electrons. The lowest BCUT2D eigenvalue weighted by molar-refractivity contribution is 0.244. The Hall–Kier alpha value is -0.670. The number of aliphatic hydroxyl groups excluding tert-OH is 1. The first-order valence-electron chi connectivity index (χ1n) is 4.75. The van der Waals surface area contributed by atoms with E-state index < -0.39 is 0 Å². The van der Waals surface area contributed by atoms with Crippen molar-refractivity contribution in [3.8, 4) is 0 Å². The first-order chi connectivity index (χ1) is 6.77. The van der Waals surface area contributed by atoms with E-state index in [0.717, 1.165) is 12.2 Å². The highest BCUT2D eigenvalue weighted by molar-refractivity contribution is 7.98. The van der Waals surface area contributed by atoms with Gasteiger partial charge in [0.15, 0.2) is 0 Å². The minimum atomic E-state index is 0.231. The van der Waals surface area contributed by atoms with E-state index in [-0.39, 0.29) is 6.61 Å². The van der Waals surface area contributed by atoms with E-state index in [0.29, 0.717) is 5.92 Å². The molecule has 0 aliphatic heterocycles. The summed E-state index contributed by atoms with van der Waals surface area (Å²) in [6.07, 6.45) is 2.07. The Balaban J connectivity index is 2.57. The van der Waals surface area contributed by atoms with Crippen molar-refractivity contribution < 1.29 is 5.11 Å². The van der Waals surface area contributed by atoms with Crippen molar-refractivity contribution >= 4 is 17.4 Å². The normalized spacial score (nSPS) is 12.5. The SMILES string of the molecule is CSc1ccccc1NCC(C)CO. The smallest absolute Gasteiger partial charge is 0.0478 e. The van der Waals surface area contributed by atoms with Gasteiger partial charge in [0, 0.05) is 23.7 Å². The number of para-hydroxylation sites is 1. The van der Waals surface area contributed by atoms with Crippen molar-refractivity contribution in [1.29, 1.82) is 0 Å². The average molecular weight is 211 g/mol. The largest absolute Gasteiger partial charge is 0.396 e. The summed E-state index contributed by atoms with van der Waals surface area (Å²) in [6.45, 7) is 3.07. The zero-order valence-corrected chi connectivity index (χ0v) is 9.47. The predicted molar refractivity (Wildman–Crippen MR) is 63.0 cm³/mol. The third-order valence-electron chi connectivity index (χ3n) is 2.06. The minimum Gasteiger partial charge on any atom is -0.396 e. The molecule has 0 amide bonds. The van der Waals surface area contributed by atoms with Crippen molar-refractivity contribution in [3.63, 3.8) is 0 Å². The van der Waals surface area contributed by atoms with Crippen LogP contribution in [0.3, 0.4) is 0 Å². The molecule has 3 heteroatoms. The highest BCUT2D eigenvalue weighted by Gasteiger charge is 2.02. The van der Waals surface area contributed by atoms with Crippen LogP contribution in [0.15, 0.2) is 29.2 Å². The summed E-state index contributed by atoms with van der Waals surface area (Å²) in [4.78, 5) is 1.25. The molecule has 0 aliphatic rings. The van der Waals surface area contributed by atoms with Gasteiger partial charge in [-0.2, -0.15) is 0 Å². The lowest BCUT2D eigenvalue weighted by atomic mass is 10.2. The van der Waals surface area contributed by atoms with Crippen LogP contribution < -0.4 is 5.32 Å². The molecule has 1 aromatic carbocycles. The van der Waals surface area contributed by atoms with Crippen LogP contribution in [0.25, 0.3) is 0 Å². The molecule has 0 aromatic heterocycles. The number of hydrogen-bond acceptors (Lipinski definition) is 3. The Morgan fingerprint density at radius 2 is 2.14 bits per heavy atom. The standard InChI is InChI=1S/C11H17NOS/c1-9(8-13)7-12-10-5-3-4-6-11(10)14-2/h3-6,9,12-13H,7-8H2,1-2H3. The van der Waals surface area contributed by atoms with E-state index in [1.807, 2.05) is 19.1 Å². The van der Waals surface area contributed by atoms with Gasteiger partial charge < -0.3 is 10.4 Å². The van der Waals surface area contributed by atoms with Crippen molar-refractivity contribution in [1.82, 2.24) is 0 Å².